The molecule has 3 N–H and O–H groups in total. The largest absolute Gasteiger partial charge is 0.271 e. The SMILES string of the molecule is NNC(Cc1cc(F)cc(F)c1)c1cccc2ccsc12. The molecule has 0 bridgehead atoms. The lowest BCUT2D eigenvalue weighted by molar-refractivity contribution is 0.543. The number of hydrazine groups is 1. The van der Waals surface area contributed by atoms with E-state index in [-0.39, 0.29) is 6.04 Å². The molecule has 0 fully saturated rings. The van der Waals surface area contributed by atoms with Gasteiger partial charge in [0, 0.05) is 10.8 Å². The topological polar surface area (TPSA) is 38.0 Å². The van der Waals surface area contributed by atoms with Gasteiger partial charge in [0.2, 0.25) is 0 Å². The minimum Gasteiger partial charge on any atom is -0.271 e. The molecule has 2 nitrogen and oxygen atoms in total. The van der Waals surface area contributed by atoms with Gasteiger partial charge in [-0.25, -0.2) is 8.78 Å². The standard InChI is InChI=1S/C16H14F2N2S/c17-12-6-10(7-13(18)9-12)8-15(20-19)14-3-1-2-11-4-5-21-16(11)14/h1-7,9,15,20H,8,19H2. The first kappa shape index (κ1) is 14.1. The Labute approximate surface area is 125 Å². The van der Waals surface area contributed by atoms with E-state index < -0.39 is 11.6 Å². The van der Waals surface area contributed by atoms with Crippen LogP contribution in [0.2, 0.25) is 0 Å². The Morgan fingerprint density at radius 3 is 2.57 bits per heavy atom. The first-order valence-corrected chi connectivity index (χ1v) is 7.42. The maximum Gasteiger partial charge on any atom is 0.126 e. The quantitative estimate of drug-likeness (QED) is 0.566. The highest BCUT2D eigenvalue weighted by Gasteiger charge is 2.15. The number of thiophene rings is 1. The van der Waals surface area contributed by atoms with Crippen molar-refractivity contribution < 1.29 is 8.78 Å². The van der Waals surface area contributed by atoms with Gasteiger partial charge in [0.15, 0.2) is 0 Å². The monoisotopic (exact) mass is 304 g/mol. The fourth-order valence-electron chi connectivity index (χ4n) is 2.51. The van der Waals surface area contributed by atoms with Crippen LogP contribution < -0.4 is 11.3 Å². The van der Waals surface area contributed by atoms with Crippen molar-refractivity contribution in [2.75, 3.05) is 0 Å². The molecular formula is C16H14F2N2S. The van der Waals surface area contributed by atoms with Crippen molar-refractivity contribution in [1.82, 2.24) is 5.43 Å². The van der Waals surface area contributed by atoms with Gasteiger partial charge in [-0.3, -0.25) is 11.3 Å². The second kappa shape index (κ2) is 5.89. The lowest BCUT2D eigenvalue weighted by Gasteiger charge is -2.17. The third kappa shape index (κ3) is 2.95. The van der Waals surface area contributed by atoms with Crippen LogP contribution in [0.3, 0.4) is 0 Å². The second-order valence-electron chi connectivity index (χ2n) is 4.89. The molecule has 108 valence electrons. The lowest BCUT2D eigenvalue weighted by Crippen LogP contribution is -2.29. The predicted molar refractivity (Wildman–Crippen MR) is 82.0 cm³/mol. The molecule has 0 aliphatic rings. The summed E-state index contributed by atoms with van der Waals surface area (Å²) in [6, 6.07) is 11.4. The van der Waals surface area contributed by atoms with Crippen molar-refractivity contribution in [3.05, 3.63) is 70.6 Å². The molecule has 21 heavy (non-hydrogen) atoms. The minimum absolute atomic E-state index is 0.200. The van der Waals surface area contributed by atoms with Crippen molar-refractivity contribution in [3.63, 3.8) is 0 Å². The van der Waals surface area contributed by atoms with E-state index >= 15 is 0 Å². The summed E-state index contributed by atoms with van der Waals surface area (Å²) in [5.41, 5.74) is 4.36. The lowest BCUT2D eigenvalue weighted by atomic mass is 9.98. The molecule has 0 saturated heterocycles. The van der Waals surface area contributed by atoms with Gasteiger partial charge >= 0.3 is 0 Å². The van der Waals surface area contributed by atoms with Crippen molar-refractivity contribution in [2.45, 2.75) is 12.5 Å². The average molecular weight is 304 g/mol. The van der Waals surface area contributed by atoms with E-state index in [0.717, 1.165) is 21.7 Å². The number of fused-ring (bicyclic) bond motifs is 1. The highest BCUT2D eigenvalue weighted by Crippen LogP contribution is 2.30. The molecule has 3 aromatic rings. The summed E-state index contributed by atoms with van der Waals surface area (Å²) in [4.78, 5) is 0. The zero-order valence-electron chi connectivity index (χ0n) is 11.1. The van der Waals surface area contributed by atoms with Crippen molar-refractivity contribution >= 4 is 21.4 Å². The second-order valence-corrected chi connectivity index (χ2v) is 5.80. The van der Waals surface area contributed by atoms with E-state index in [9.17, 15) is 8.78 Å². The van der Waals surface area contributed by atoms with Gasteiger partial charge in [0.1, 0.15) is 11.6 Å². The van der Waals surface area contributed by atoms with E-state index in [1.165, 1.54) is 12.1 Å². The van der Waals surface area contributed by atoms with Crippen molar-refractivity contribution in [1.29, 1.82) is 0 Å². The van der Waals surface area contributed by atoms with Gasteiger partial charge in [-0.05, 0) is 46.5 Å². The van der Waals surface area contributed by atoms with Crippen LogP contribution in [-0.2, 0) is 6.42 Å². The van der Waals surface area contributed by atoms with Crippen LogP contribution in [0.4, 0.5) is 8.78 Å². The van der Waals surface area contributed by atoms with Crippen LogP contribution in [0.5, 0.6) is 0 Å². The molecule has 0 radical (unpaired) electrons. The molecule has 5 heteroatoms. The van der Waals surface area contributed by atoms with Crippen molar-refractivity contribution in [3.8, 4) is 0 Å². The van der Waals surface area contributed by atoms with Gasteiger partial charge < -0.3 is 0 Å². The molecule has 1 heterocycles. The normalized spacial score (nSPS) is 12.7. The number of halogens is 2. The van der Waals surface area contributed by atoms with Gasteiger partial charge in [-0.2, -0.15) is 0 Å². The Morgan fingerprint density at radius 2 is 1.86 bits per heavy atom. The number of benzene rings is 2. The number of hydrogen-bond acceptors (Lipinski definition) is 3. The van der Waals surface area contributed by atoms with E-state index in [4.69, 9.17) is 5.84 Å². The van der Waals surface area contributed by atoms with Gasteiger partial charge in [-0.15, -0.1) is 11.3 Å². The highest BCUT2D eigenvalue weighted by atomic mass is 32.1. The third-order valence-electron chi connectivity index (χ3n) is 3.45. The van der Waals surface area contributed by atoms with Gasteiger partial charge in [0.05, 0.1) is 6.04 Å². The first-order chi connectivity index (χ1) is 10.2. The summed E-state index contributed by atoms with van der Waals surface area (Å²) in [5, 5.41) is 3.16. The summed E-state index contributed by atoms with van der Waals surface area (Å²) < 4.78 is 27.7. The molecule has 0 aliphatic carbocycles. The third-order valence-corrected chi connectivity index (χ3v) is 4.43. The molecule has 0 aliphatic heterocycles. The fraction of sp³-hybridized carbons (Fsp3) is 0.125. The number of nitrogens with two attached hydrogens (primary N) is 1. The maximum absolute atomic E-state index is 13.3. The Bertz CT molecular complexity index is 750. The van der Waals surface area contributed by atoms with Crippen LogP contribution in [0.15, 0.2) is 47.8 Å². The summed E-state index contributed by atoms with van der Waals surface area (Å²) in [6.45, 7) is 0. The zero-order chi connectivity index (χ0) is 14.8. The fourth-order valence-corrected chi connectivity index (χ4v) is 3.48. The van der Waals surface area contributed by atoms with E-state index in [1.807, 2.05) is 29.6 Å². The minimum atomic E-state index is -0.574. The summed E-state index contributed by atoms with van der Waals surface area (Å²) >= 11 is 1.63. The molecule has 0 amide bonds. The molecule has 2 aromatic carbocycles. The number of nitrogens with one attached hydrogen (secondary N) is 1. The Balaban J connectivity index is 1.96. The van der Waals surface area contributed by atoms with Gasteiger partial charge in [-0.1, -0.05) is 18.2 Å². The average Bonchev–Trinajstić information content (AvgIpc) is 2.92. The van der Waals surface area contributed by atoms with Crippen LogP contribution in [0.25, 0.3) is 10.1 Å². The summed E-state index contributed by atoms with van der Waals surface area (Å²) in [5.74, 6) is 4.51. The van der Waals surface area contributed by atoms with Crippen LogP contribution in [0.1, 0.15) is 17.2 Å². The maximum atomic E-state index is 13.3. The highest BCUT2D eigenvalue weighted by molar-refractivity contribution is 7.17. The van der Waals surface area contributed by atoms with E-state index in [1.54, 1.807) is 11.3 Å². The zero-order valence-corrected chi connectivity index (χ0v) is 12.0. The molecule has 1 aromatic heterocycles. The molecule has 1 unspecified atom stereocenters. The Morgan fingerprint density at radius 1 is 1.10 bits per heavy atom. The molecule has 0 spiro atoms. The first-order valence-electron chi connectivity index (χ1n) is 6.54. The Hall–Kier alpha value is -1.82. The summed E-state index contributed by atoms with van der Waals surface area (Å²) in [7, 11) is 0. The molecule has 0 saturated carbocycles. The van der Waals surface area contributed by atoms with E-state index in [2.05, 4.69) is 5.43 Å². The van der Waals surface area contributed by atoms with Gasteiger partial charge in [0.25, 0.3) is 0 Å². The smallest absolute Gasteiger partial charge is 0.126 e. The summed E-state index contributed by atoms with van der Waals surface area (Å²) in [6.07, 6.45) is 0.419. The molecule has 1 atom stereocenters. The van der Waals surface area contributed by atoms with E-state index in [0.29, 0.717) is 12.0 Å². The molecular weight excluding hydrogens is 290 g/mol. The van der Waals surface area contributed by atoms with Crippen LogP contribution in [-0.4, -0.2) is 0 Å². The Kier molecular flexibility index (Phi) is 3.96. The van der Waals surface area contributed by atoms with Crippen LogP contribution >= 0.6 is 11.3 Å². The number of rotatable bonds is 4. The molecule has 3 rings (SSSR count). The van der Waals surface area contributed by atoms with Crippen molar-refractivity contribution in [2.24, 2.45) is 5.84 Å². The van der Waals surface area contributed by atoms with Crippen LogP contribution in [0, 0.1) is 11.6 Å². The number of hydrogen-bond donors (Lipinski definition) is 2. The predicted octanol–water partition coefficient (Wildman–Crippen LogP) is 3.93.